The van der Waals surface area contributed by atoms with Crippen molar-refractivity contribution in [3.8, 4) is 0 Å². The molecule has 0 aliphatic carbocycles. The normalized spacial score (nSPS) is 11.7. The highest BCUT2D eigenvalue weighted by molar-refractivity contribution is 6.08. The summed E-state index contributed by atoms with van der Waals surface area (Å²) in [5, 5.41) is 0. The highest BCUT2D eigenvalue weighted by Gasteiger charge is 2.15. The minimum atomic E-state index is 0.115. The van der Waals surface area contributed by atoms with E-state index in [4.69, 9.17) is 0 Å². The summed E-state index contributed by atoms with van der Waals surface area (Å²) in [5.74, 6) is 0.347. The standard InChI is InChI=1S/C14H19NO/c1-11(2)13(10-15(3)4)14(16)12-8-6-5-7-9-12/h5-11H,1-4H3. The van der Waals surface area contributed by atoms with Gasteiger partial charge in [-0.25, -0.2) is 0 Å². The average Bonchev–Trinajstić information content (AvgIpc) is 2.25. The van der Waals surface area contributed by atoms with Crippen LogP contribution in [0, 0.1) is 5.92 Å². The van der Waals surface area contributed by atoms with Crippen molar-refractivity contribution in [3.63, 3.8) is 0 Å². The van der Waals surface area contributed by atoms with E-state index in [9.17, 15) is 4.79 Å². The third-order valence-electron chi connectivity index (χ3n) is 2.32. The SMILES string of the molecule is CC(C)C(=CN(C)C)C(=O)c1ccccc1. The summed E-state index contributed by atoms with van der Waals surface area (Å²) >= 11 is 0. The van der Waals surface area contributed by atoms with Crippen LogP contribution in [0.3, 0.4) is 0 Å². The molecule has 1 rings (SSSR count). The van der Waals surface area contributed by atoms with Crippen LogP contribution in [0.1, 0.15) is 24.2 Å². The summed E-state index contributed by atoms with van der Waals surface area (Å²) < 4.78 is 0. The van der Waals surface area contributed by atoms with Crippen molar-refractivity contribution in [1.29, 1.82) is 0 Å². The van der Waals surface area contributed by atoms with Gasteiger partial charge < -0.3 is 4.90 Å². The van der Waals surface area contributed by atoms with Gasteiger partial charge in [-0.05, 0) is 5.92 Å². The molecule has 0 amide bonds. The number of allylic oxidation sites excluding steroid dienone is 1. The van der Waals surface area contributed by atoms with E-state index in [2.05, 4.69) is 0 Å². The minimum Gasteiger partial charge on any atom is -0.383 e. The average molecular weight is 217 g/mol. The number of hydrogen-bond donors (Lipinski definition) is 0. The molecule has 0 unspecified atom stereocenters. The second-order valence-electron chi connectivity index (χ2n) is 4.40. The maximum atomic E-state index is 12.2. The predicted molar refractivity (Wildman–Crippen MR) is 67.4 cm³/mol. The molecule has 0 aliphatic heterocycles. The highest BCUT2D eigenvalue weighted by atomic mass is 16.1. The lowest BCUT2D eigenvalue weighted by molar-refractivity contribution is 0.102. The van der Waals surface area contributed by atoms with Crippen LogP contribution in [0.5, 0.6) is 0 Å². The molecule has 0 spiro atoms. The topological polar surface area (TPSA) is 20.3 Å². The summed E-state index contributed by atoms with van der Waals surface area (Å²) in [5.41, 5.74) is 1.60. The van der Waals surface area contributed by atoms with Crippen LogP contribution >= 0.6 is 0 Å². The molecular weight excluding hydrogens is 198 g/mol. The van der Waals surface area contributed by atoms with Gasteiger partial charge in [0.2, 0.25) is 0 Å². The van der Waals surface area contributed by atoms with Gasteiger partial charge in [-0.2, -0.15) is 0 Å². The van der Waals surface area contributed by atoms with Crippen molar-refractivity contribution in [2.45, 2.75) is 13.8 Å². The molecule has 0 radical (unpaired) electrons. The summed E-state index contributed by atoms with van der Waals surface area (Å²) in [6.07, 6.45) is 1.90. The molecular formula is C14H19NO. The summed E-state index contributed by atoms with van der Waals surface area (Å²) in [6.45, 7) is 4.08. The van der Waals surface area contributed by atoms with E-state index in [1.807, 2.05) is 69.4 Å². The fourth-order valence-electron chi connectivity index (χ4n) is 1.50. The lowest BCUT2D eigenvalue weighted by Crippen LogP contribution is -2.13. The molecule has 1 aromatic carbocycles. The lowest BCUT2D eigenvalue weighted by atomic mass is 9.95. The van der Waals surface area contributed by atoms with Crippen molar-refractivity contribution < 1.29 is 4.79 Å². The number of carbonyl (C=O) groups is 1. The molecule has 0 saturated carbocycles. The maximum absolute atomic E-state index is 12.2. The van der Waals surface area contributed by atoms with E-state index in [0.29, 0.717) is 0 Å². The van der Waals surface area contributed by atoms with Crippen LogP contribution in [0.2, 0.25) is 0 Å². The Morgan fingerprint density at radius 2 is 1.75 bits per heavy atom. The molecule has 0 heterocycles. The Morgan fingerprint density at radius 3 is 2.19 bits per heavy atom. The fourth-order valence-corrected chi connectivity index (χ4v) is 1.50. The summed E-state index contributed by atoms with van der Waals surface area (Å²) in [6, 6.07) is 9.41. The molecule has 0 N–H and O–H groups in total. The van der Waals surface area contributed by atoms with Crippen molar-refractivity contribution in [1.82, 2.24) is 4.90 Å². The van der Waals surface area contributed by atoms with Crippen LogP contribution in [0.4, 0.5) is 0 Å². The van der Waals surface area contributed by atoms with E-state index in [1.54, 1.807) is 0 Å². The van der Waals surface area contributed by atoms with E-state index in [1.165, 1.54) is 0 Å². The number of hydrogen-bond acceptors (Lipinski definition) is 2. The molecule has 0 fully saturated rings. The zero-order valence-corrected chi connectivity index (χ0v) is 10.4. The van der Waals surface area contributed by atoms with Gasteiger partial charge in [-0.3, -0.25) is 4.79 Å². The Balaban J connectivity index is 3.02. The Bertz CT molecular complexity index is 377. The molecule has 16 heavy (non-hydrogen) atoms. The molecule has 0 saturated heterocycles. The second kappa shape index (κ2) is 5.50. The van der Waals surface area contributed by atoms with Gasteiger partial charge in [-0.1, -0.05) is 44.2 Å². The van der Waals surface area contributed by atoms with Gasteiger partial charge in [0.05, 0.1) is 0 Å². The molecule has 0 aromatic heterocycles. The van der Waals surface area contributed by atoms with Crippen LogP contribution in [0.15, 0.2) is 42.1 Å². The third kappa shape index (κ3) is 3.23. The molecule has 0 aliphatic rings. The Labute approximate surface area is 97.6 Å². The van der Waals surface area contributed by atoms with Crippen molar-refractivity contribution in [2.24, 2.45) is 5.92 Å². The lowest BCUT2D eigenvalue weighted by Gasteiger charge is -2.14. The number of ketones is 1. The second-order valence-corrected chi connectivity index (χ2v) is 4.40. The van der Waals surface area contributed by atoms with Gasteiger partial charge in [0.25, 0.3) is 0 Å². The maximum Gasteiger partial charge on any atom is 0.190 e. The molecule has 0 atom stereocenters. The van der Waals surface area contributed by atoms with Gasteiger partial charge in [0.15, 0.2) is 5.78 Å². The summed E-state index contributed by atoms with van der Waals surface area (Å²) in [7, 11) is 3.86. The van der Waals surface area contributed by atoms with Gasteiger partial charge >= 0.3 is 0 Å². The summed E-state index contributed by atoms with van der Waals surface area (Å²) in [4.78, 5) is 14.1. The minimum absolute atomic E-state index is 0.115. The van der Waals surface area contributed by atoms with Crippen molar-refractivity contribution in [3.05, 3.63) is 47.7 Å². The number of Topliss-reactive ketones (excluding diaryl/α,β-unsaturated/α-hetero) is 1. The molecule has 86 valence electrons. The van der Waals surface area contributed by atoms with Crippen molar-refractivity contribution >= 4 is 5.78 Å². The molecule has 0 bridgehead atoms. The monoisotopic (exact) mass is 217 g/mol. The van der Waals surface area contributed by atoms with Crippen LogP contribution in [0.25, 0.3) is 0 Å². The van der Waals surface area contributed by atoms with E-state index in [-0.39, 0.29) is 11.7 Å². The van der Waals surface area contributed by atoms with Crippen LogP contribution in [-0.4, -0.2) is 24.8 Å². The van der Waals surface area contributed by atoms with Gasteiger partial charge in [0.1, 0.15) is 0 Å². The van der Waals surface area contributed by atoms with Crippen LogP contribution < -0.4 is 0 Å². The Morgan fingerprint density at radius 1 is 1.19 bits per heavy atom. The zero-order valence-electron chi connectivity index (χ0n) is 10.4. The van der Waals surface area contributed by atoms with Crippen molar-refractivity contribution in [2.75, 3.05) is 14.1 Å². The smallest absolute Gasteiger partial charge is 0.190 e. The van der Waals surface area contributed by atoms with Gasteiger partial charge in [0, 0.05) is 31.4 Å². The first-order valence-corrected chi connectivity index (χ1v) is 5.50. The van der Waals surface area contributed by atoms with E-state index < -0.39 is 0 Å². The number of nitrogens with zero attached hydrogens (tertiary/aromatic N) is 1. The molecule has 2 heteroatoms. The predicted octanol–water partition coefficient (Wildman–Crippen LogP) is 2.97. The highest BCUT2D eigenvalue weighted by Crippen LogP contribution is 2.16. The fraction of sp³-hybridized carbons (Fsp3) is 0.357. The quantitative estimate of drug-likeness (QED) is 0.571. The van der Waals surface area contributed by atoms with Gasteiger partial charge in [-0.15, -0.1) is 0 Å². The largest absolute Gasteiger partial charge is 0.383 e. The first-order valence-electron chi connectivity index (χ1n) is 5.50. The van der Waals surface area contributed by atoms with E-state index in [0.717, 1.165) is 11.1 Å². The zero-order chi connectivity index (χ0) is 12.1. The molecule has 2 nitrogen and oxygen atoms in total. The Hall–Kier alpha value is -1.57. The first kappa shape index (κ1) is 12.5. The Kier molecular flexibility index (Phi) is 4.29. The number of rotatable bonds is 4. The first-order chi connectivity index (χ1) is 7.52. The molecule has 1 aromatic rings. The number of carbonyl (C=O) groups excluding carboxylic acids is 1. The third-order valence-corrected chi connectivity index (χ3v) is 2.32. The van der Waals surface area contributed by atoms with E-state index >= 15 is 0 Å². The van der Waals surface area contributed by atoms with Crippen LogP contribution in [-0.2, 0) is 0 Å². The number of benzene rings is 1.